The number of hydrogen-bond donors (Lipinski definition) is 1. The Morgan fingerprint density at radius 1 is 1.44 bits per heavy atom. The predicted octanol–water partition coefficient (Wildman–Crippen LogP) is 3.95. The molecule has 0 saturated carbocycles. The van der Waals surface area contributed by atoms with Gasteiger partial charge in [0.05, 0.1) is 5.69 Å². The van der Waals surface area contributed by atoms with Crippen LogP contribution in [0.15, 0.2) is 22.7 Å². The van der Waals surface area contributed by atoms with Gasteiger partial charge in [-0.1, -0.05) is 15.9 Å². The maximum absolute atomic E-state index is 13.8. The van der Waals surface area contributed by atoms with E-state index in [-0.39, 0.29) is 12.4 Å². The number of benzene rings is 1. The fourth-order valence-electron chi connectivity index (χ4n) is 1.68. The van der Waals surface area contributed by atoms with Crippen molar-refractivity contribution < 1.29 is 9.50 Å². The van der Waals surface area contributed by atoms with Gasteiger partial charge in [-0.3, -0.25) is 0 Å². The third-order valence-electron chi connectivity index (χ3n) is 2.61. The number of aliphatic hydroxyl groups excluding tert-OH is 1. The zero-order chi connectivity index (χ0) is 13.1. The van der Waals surface area contributed by atoms with Crippen LogP contribution in [0.5, 0.6) is 0 Å². The smallest absolute Gasteiger partial charge is 0.133 e. The highest BCUT2D eigenvalue weighted by Gasteiger charge is 2.13. The Kier molecular flexibility index (Phi) is 4.48. The largest absolute Gasteiger partial charge is 0.396 e. The van der Waals surface area contributed by atoms with Gasteiger partial charge in [0.2, 0.25) is 0 Å². The number of hydrogen-bond acceptors (Lipinski definition) is 3. The molecule has 0 atom stereocenters. The molecule has 2 nitrogen and oxygen atoms in total. The van der Waals surface area contributed by atoms with Crippen molar-refractivity contribution in [3.63, 3.8) is 0 Å². The van der Waals surface area contributed by atoms with Crippen molar-refractivity contribution in [2.24, 2.45) is 0 Å². The second-order valence-corrected chi connectivity index (χ2v) is 5.98. The first kappa shape index (κ1) is 13.6. The molecule has 2 aromatic rings. The number of thiazole rings is 1. The minimum absolute atomic E-state index is 0.165. The summed E-state index contributed by atoms with van der Waals surface area (Å²) in [4.78, 5) is 5.52. The van der Waals surface area contributed by atoms with Crippen LogP contribution in [0, 0.1) is 12.7 Å². The van der Waals surface area contributed by atoms with Crippen LogP contribution < -0.4 is 0 Å². The van der Waals surface area contributed by atoms with Crippen LogP contribution in [0.2, 0.25) is 0 Å². The van der Waals surface area contributed by atoms with Crippen molar-refractivity contribution in [2.75, 3.05) is 6.61 Å². The summed E-state index contributed by atoms with van der Waals surface area (Å²) in [7, 11) is 0. The Bertz CT molecular complexity index is 556. The second-order valence-electron chi connectivity index (χ2n) is 3.98. The van der Waals surface area contributed by atoms with E-state index in [1.54, 1.807) is 12.1 Å². The van der Waals surface area contributed by atoms with Crippen LogP contribution in [0.3, 0.4) is 0 Å². The third kappa shape index (κ3) is 2.96. The first-order chi connectivity index (χ1) is 8.61. The summed E-state index contributed by atoms with van der Waals surface area (Å²) in [6.45, 7) is 2.08. The molecule has 96 valence electrons. The van der Waals surface area contributed by atoms with E-state index in [4.69, 9.17) is 5.11 Å². The Balaban J connectivity index is 2.36. The van der Waals surface area contributed by atoms with E-state index in [0.717, 1.165) is 21.5 Å². The fraction of sp³-hybridized carbons (Fsp3) is 0.308. The summed E-state index contributed by atoms with van der Waals surface area (Å²) in [6.07, 6.45) is 1.50. The van der Waals surface area contributed by atoms with Crippen molar-refractivity contribution in [2.45, 2.75) is 19.8 Å². The highest BCUT2D eigenvalue weighted by Crippen LogP contribution is 2.32. The van der Waals surface area contributed by atoms with Gasteiger partial charge < -0.3 is 5.11 Å². The summed E-state index contributed by atoms with van der Waals surface area (Å²) >= 11 is 4.83. The molecule has 0 aliphatic heterocycles. The number of aliphatic hydroxyl groups is 1. The van der Waals surface area contributed by atoms with Crippen molar-refractivity contribution in [3.8, 4) is 10.6 Å². The topological polar surface area (TPSA) is 33.1 Å². The maximum atomic E-state index is 13.8. The summed E-state index contributed by atoms with van der Waals surface area (Å²) in [5.74, 6) is -0.263. The Hall–Kier alpha value is -0.780. The highest BCUT2D eigenvalue weighted by atomic mass is 79.9. The van der Waals surface area contributed by atoms with Crippen molar-refractivity contribution in [3.05, 3.63) is 39.1 Å². The number of rotatable bonds is 4. The molecule has 0 aliphatic carbocycles. The van der Waals surface area contributed by atoms with Crippen molar-refractivity contribution in [1.82, 2.24) is 4.98 Å². The lowest BCUT2D eigenvalue weighted by molar-refractivity contribution is 0.289. The molecule has 0 spiro atoms. The van der Waals surface area contributed by atoms with Crippen LogP contribution in [0.4, 0.5) is 4.39 Å². The first-order valence-electron chi connectivity index (χ1n) is 5.64. The Labute approximate surface area is 118 Å². The van der Waals surface area contributed by atoms with Gasteiger partial charge in [-0.05, 0) is 38.0 Å². The van der Waals surface area contributed by atoms with Crippen LogP contribution in [0.1, 0.15) is 17.0 Å². The van der Waals surface area contributed by atoms with Crippen molar-refractivity contribution in [1.29, 1.82) is 0 Å². The molecule has 2 rings (SSSR count). The van der Waals surface area contributed by atoms with E-state index in [1.165, 1.54) is 17.4 Å². The van der Waals surface area contributed by atoms with Gasteiger partial charge in [0.1, 0.15) is 10.8 Å². The highest BCUT2D eigenvalue weighted by molar-refractivity contribution is 9.10. The van der Waals surface area contributed by atoms with E-state index >= 15 is 0 Å². The van der Waals surface area contributed by atoms with Gasteiger partial charge in [0.15, 0.2) is 0 Å². The van der Waals surface area contributed by atoms with E-state index in [0.29, 0.717) is 17.0 Å². The zero-order valence-corrected chi connectivity index (χ0v) is 12.3. The van der Waals surface area contributed by atoms with Crippen LogP contribution in [-0.4, -0.2) is 16.7 Å². The molecular weight excluding hydrogens is 317 g/mol. The monoisotopic (exact) mass is 329 g/mol. The van der Waals surface area contributed by atoms with Gasteiger partial charge in [-0.2, -0.15) is 0 Å². The third-order valence-corrected chi connectivity index (χ3v) is 4.36. The Morgan fingerprint density at radius 3 is 2.94 bits per heavy atom. The minimum atomic E-state index is -0.263. The summed E-state index contributed by atoms with van der Waals surface area (Å²) < 4.78 is 14.6. The molecule has 0 unspecified atom stereocenters. The quantitative estimate of drug-likeness (QED) is 0.921. The predicted molar refractivity (Wildman–Crippen MR) is 75.4 cm³/mol. The number of nitrogens with zero attached hydrogens (tertiary/aromatic N) is 1. The molecule has 0 bridgehead atoms. The standard InChI is InChI=1S/C13H13BrFNOS/c1-8-12(3-2-6-17)18-13(16-8)10-7-9(14)4-5-11(10)15/h4-5,7,17H,2-3,6H2,1H3. The van der Waals surface area contributed by atoms with Gasteiger partial charge in [0.25, 0.3) is 0 Å². The van der Waals surface area contributed by atoms with Gasteiger partial charge >= 0.3 is 0 Å². The second kappa shape index (κ2) is 5.91. The number of aryl methyl sites for hydroxylation is 2. The molecule has 1 heterocycles. The average Bonchev–Trinajstić information content (AvgIpc) is 2.71. The summed E-state index contributed by atoms with van der Waals surface area (Å²) in [5, 5.41) is 9.53. The van der Waals surface area contributed by atoms with Crippen LogP contribution in [-0.2, 0) is 6.42 Å². The molecule has 18 heavy (non-hydrogen) atoms. The lowest BCUT2D eigenvalue weighted by atomic mass is 10.2. The Morgan fingerprint density at radius 2 is 2.22 bits per heavy atom. The molecule has 1 aromatic heterocycles. The van der Waals surface area contributed by atoms with Gasteiger partial charge in [-0.15, -0.1) is 11.3 Å². The SMILES string of the molecule is Cc1nc(-c2cc(Br)ccc2F)sc1CCCO. The van der Waals surface area contributed by atoms with Crippen LogP contribution in [0.25, 0.3) is 10.6 Å². The van der Waals surface area contributed by atoms with E-state index < -0.39 is 0 Å². The molecule has 0 fully saturated rings. The lowest BCUT2D eigenvalue weighted by Gasteiger charge is -1.99. The molecule has 1 N–H and O–H groups in total. The molecule has 0 aliphatic rings. The number of aromatic nitrogens is 1. The average molecular weight is 330 g/mol. The summed E-state index contributed by atoms with van der Waals surface area (Å²) in [6, 6.07) is 4.85. The van der Waals surface area contributed by atoms with Gasteiger partial charge in [0, 0.05) is 21.5 Å². The van der Waals surface area contributed by atoms with E-state index in [1.807, 2.05) is 6.92 Å². The number of halogens is 2. The summed E-state index contributed by atoms with van der Waals surface area (Å²) in [5.41, 5.74) is 1.44. The molecule has 1 aromatic carbocycles. The molecule has 0 amide bonds. The lowest BCUT2D eigenvalue weighted by Crippen LogP contribution is -1.88. The van der Waals surface area contributed by atoms with Crippen LogP contribution >= 0.6 is 27.3 Å². The van der Waals surface area contributed by atoms with E-state index in [9.17, 15) is 4.39 Å². The maximum Gasteiger partial charge on any atom is 0.133 e. The molecule has 0 radical (unpaired) electrons. The molecular formula is C13H13BrFNOS. The molecule has 0 saturated heterocycles. The first-order valence-corrected chi connectivity index (χ1v) is 7.25. The minimum Gasteiger partial charge on any atom is -0.396 e. The molecule has 5 heteroatoms. The normalized spacial score (nSPS) is 10.9. The van der Waals surface area contributed by atoms with Crippen molar-refractivity contribution >= 4 is 27.3 Å². The fourth-order valence-corrected chi connectivity index (χ4v) is 3.16. The van der Waals surface area contributed by atoms with E-state index in [2.05, 4.69) is 20.9 Å². The van der Waals surface area contributed by atoms with Gasteiger partial charge in [-0.25, -0.2) is 9.37 Å². The zero-order valence-electron chi connectivity index (χ0n) is 9.91.